The average Bonchev–Trinajstić information content (AvgIpc) is 2.42. The Morgan fingerprint density at radius 3 is 2.79 bits per heavy atom. The Morgan fingerprint density at radius 1 is 1.11 bits per heavy atom. The molecular weight excluding hydrogens is 368 g/mol. The number of hydrogen-bond acceptors (Lipinski definition) is 2. The van der Waals surface area contributed by atoms with E-state index in [-0.39, 0.29) is 0 Å². The molecule has 2 aromatic rings. The van der Waals surface area contributed by atoms with Crippen molar-refractivity contribution in [2.75, 3.05) is 5.32 Å². The predicted molar refractivity (Wildman–Crippen MR) is 85.5 cm³/mol. The van der Waals surface area contributed by atoms with E-state index < -0.39 is 0 Å². The summed E-state index contributed by atoms with van der Waals surface area (Å²) in [7, 11) is 0. The number of hydrogen-bond donors (Lipinski definition) is 1. The SMILES string of the molecule is Brc1ccc2c(c1)CCC(Nc1ccc(Br)nc1)C2. The van der Waals surface area contributed by atoms with Crippen molar-refractivity contribution in [3.05, 3.63) is 56.7 Å². The van der Waals surface area contributed by atoms with Crippen LogP contribution in [-0.4, -0.2) is 11.0 Å². The Labute approximate surface area is 129 Å². The molecule has 0 radical (unpaired) electrons. The first kappa shape index (κ1) is 13.1. The highest BCUT2D eigenvalue weighted by Gasteiger charge is 2.18. The molecule has 0 saturated heterocycles. The van der Waals surface area contributed by atoms with E-state index in [1.54, 1.807) is 0 Å². The van der Waals surface area contributed by atoms with E-state index in [0.29, 0.717) is 6.04 Å². The van der Waals surface area contributed by atoms with Crippen LogP contribution in [-0.2, 0) is 12.8 Å². The average molecular weight is 382 g/mol. The van der Waals surface area contributed by atoms with Crippen LogP contribution in [0.5, 0.6) is 0 Å². The maximum atomic E-state index is 4.25. The van der Waals surface area contributed by atoms with Crippen molar-refractivity contribution in [3.8, 4) is 0 Å². The van der Waals surface area contributed by atoms with Crippen LogP contribution < -0.4 is 5.32 Å². The highest BCUT2D eigenvalue weighted by molar-refractivity contribution is 9.10. The number of aryl methyl sites for hydroxylation is 1. The number of benzene rings is 1. The van der Waals surface area contributed by atoms with Crippen LogP contribution in [0.1, 0.15) is 17.5 Å². The summed E-state index contributed by atoms with van der Waals surface area (Å²) in [6, 6.07) is 11.1. The zero-order valence-corrected chi connectivity index (χ0v) is 13.5. The van der Waals surface area contributed by atoms with Gasteiger partial charge >= 0.3 is 0 Å². The molecular formula is C15H14Br2N2. The lowest BCUT2D eigenvalue weighted by Gasteiger charge is -2.26. The van der Waals surface area contributed by atoms with Crippen LogP contribution in [0.25, 0.3) is 0 Å². The van der Waals surface area contributed by atoms with Crippen molar-refractivity contribution in [1.82, 2.24) is 4.98 Å². The van der Waals surface area contributed by atoms with Crippen molar-refractivity contribution in [3.63, 3.8) is 0 Å². The summed E-state index contributed by atoms with van der Waals surface area (Å²) in [5, 5.41) is 3.57. The number of rotatable bonds is 2. The van der Waals surface area contributed by atoms with Crippen LogP contribution in [0.2, 0.25) is 0 Å². The predicted octanol–water partition coefficient (Wildman–Crippen LogP) is 4.58. The zero-order chi connectivity index (χ0) is 13.2. The largest absolute Gasteiger partial charge is 0.381 e. The summed E-state index contributed by atoms with van der Waals surface area (Å²) in [4.78, 5) is 4.25. The third-order valence-electron chi connectivity index (χ3n) is 3.49. The van der Waals surface area contributed by atoms with E-state index in [0.717, 1.165) is 23.1 Å². The van der Waals surface area contributed by atoms with Crippen molar-refractivity contribution in [2.24, 2.45) is 0 Å². The smallest absolute Gasteiger partial charge is 0.106 e. The molecule has 0 amide bonds. The first-order chi connectivity index (χ1) is 9.20. The molecule has 1 aromatic heterocycles. The second kappa shape index (κ2) is 5.63. The van der Waals surface area contributed by atoms with E-state index in [9.17, 15) is 0 Å². The molecule has 1 aliphatic carbocycles. The van der Waals surface area contributed by atoms with E-state index in [1.165, 1.54) is 22.0 Å². The molecule has 1 heterocycles. The molecule has 0 bridgehead atoms. The first-order valence-corrected chi connectivity index (χ1v) is 7.95. The molecule has 1 unspecified atom stereocenters. The molecule has 1 aromatic carbocycles. The summed E-state index contributed by atoms with van der Waals surface area (Å²) in [6.07, 6.45) is 5.26. The maximum absolute atomic E-state index is 4.25. The lowest BCUT2D eigenvalue weighted by atomic mass is 9.88. The number of anilines is 1. The zero-order valence-electron chi connectivity index (χ0n) is 10.4. The molecule has 2 nitrogen and oxygen atoms in total. The van der Waals surface area contributed by atoms with Crippen molar-refractivity contribution in [1.29, 1.82) is 0 Å². The monoisotopic (exact) mass is 380 g/mol. The van der Waals surface area contributed by atoms with Gasteiger partial charge in [-0.2, -0.15) is 0 Å². The van der Waals surface area contributed by atoms with Gasteiger partial charge in [0.15, 0.2) is 0 Å². The Balaban J connectivity index is 1.72. The Hall–Kier alpha value is -0.870. The van der Waals surface area contributed by atoms with Gasteiger partial charge in [-0.15, -0.1) is 0 Å². The number of nitrogens with one attached hydrogen (secondary N) is 1. The van der Waals surface area contributed by atoms with Gasteiger partial charge in [-0.1, -0.05) is 22.0 Å². The second-order valence-electron chi connectivity index (χ2n) is 4.87. The van der Waals surface area contributed by atoms with Crippen molar-refractivity contribution >= 4 is 37.5 Å². The van der Waals surface area contributed by atoms with E-state index in [4.69, 9.17) is 0 Å². The molecule has 1 N–H and O–H groups in total. The Morgan fingerprint density at radius 2 is 2.00 bits per heavy atom. The van der Waals surface area contributed by atoms with Crippen LogP contribution in [0.3, 0.4) is 0 Å². The fourth-order valence-corrected chi connectivity index (χ4v) is 3.19. The third-order valence-corrected chi connectivity index (χ3v) is 4.46. The quantitative estimate of drug-likeness (QED) is 0.770. The van der Waals surface area contributed by atoms with Gasteiger partial charge in [0.05, 0.1) is 11.9 Å². The van der Waals surface area contributed by atoms with Gasteiger partial charge in [0.2, 0.25) is 0 Å². The van der Waals surface area contributed by atoms with Gasteiger partial charge in [-0.25, -0.2) is 4.98 Å². The van der Waals surface area contributed by atoms with Gasteiger partial charge in [0, 0.05) is 10.5 Å². The molecule has 19 heavy (non-hydrogen) atoms. The minimum Gasteiger partial charge on any atom is -0.381 e. The summed E-state index contributed by atoms with van der Waals surface area (Å²) < 4.78 is 2.05. The van der Waals surface area contributed by atoms with Gasteiger partial charge in [0.25, 0.3) is 0 Å². The third kappa shape index (κ3) is 3.18. The summed E-state index contributed by atoms with van der Waals surface area (Å²) in [6.45, 7) is 0. The van der Waals surface area contributed by atoms with E-state index in [1.807, 2.05) is 12.3 Å². The normalized spacial score (nSPS) is 17.9. The van der Waals surface area contributed by atoms with Gasteiger partial charge in [-0.3, -0.25) is 0 Å². The first-order valence-electron chi connectivity index (χ1n) is 6.36. The lowest BCUT2D eigenvalue weighted by Crippen LogP contribution is -2.27. The molecule has 4 heteroatoms. The standard InChI is InChI=1S/C15H14Br2N2/c16-12-3-1-11-8-13(4-2-10(11)7-12)19-14-5-6-15(17)18-9-14/h1,3,5-7,9,13,19H,2,4,8H2. The van der Waals surface area contributed by atoms with Crippen molar-refractivity contribution < 1.29 is 0 Å². The Kier molecular flexibility index (Phi) is 3.89. The molecule has 98 valence electrons. The van der Waals surface area contributed by atoms with Gasteiger partial charge in [0.1, 0.15) is 4.60 Å². The molecule has 3 rings (SSSR count). The minimum atomic E-state index is 0.497. The summed E-state index contributed by atoms with van der Waals surface area (Å²) in [5.41, 5.74) is 4.02. The molecule has 0 aliphatic heterocycles. The minimum absolute atomic E-state index is 0.497. The second-order valence-corrected chi connectivity index (χ2v) is 6.59. The van der Waals surface area contributed by atoms with Gasteiger partial charge in [-0.05, 0) is 70.6 Å². The number of aromatic nitrogens is 1. The Bertz CT molecular complexity index is 581. The summed E-state index contributed by atoms with van der Waals surface area (Å²) >= 11 is 6.89. The maximum Gasteiger partial charge on any atom is 0.106 e. The van der Waals surface area contributed by atoms with E-state index >= 15 is 0 Å². The molecule has 0 spiro atoms. The highest BCUT2D eigenvalue weighted by atomic mass is 79.9. The number of pyridine rings is 1. The summed E-state index contributed by atoms with van der Waals surface area (Å²) in [5.74, 6) is 0. The molecule has 1 atom stereocenters. The van der Waals surface area contributed by atoms with Crippen LogP contribution in [0, 0.1) is 0 Å². The lowest BCUT2D eigenvalue weighted by molar-refractivity contribution is 0.610. The van der Waals surface area contributed by atoms with E-state index in [2.05, 4.69) is 66.4 Å². The highest BCUT2D eigenvalue weighted by Crippen LogP contribution is 2.26. The van der Waals surface area contributed by atoms with Crippen LogP contribution >= 0.6 is 31.9 Å². The molecule has 1 aliphatic rings. The number of halogens is 2. The fraction of sp³-hybridized carbons (Fsp3) is 0.267. The number of nitrogens with zero attached hydrogens (tertiary/aromatic N) is 1. The van der Waals surface area contributed by atoms with Crippen molar-refractivity contribution in [2.45, 2.75) is 25.3 Å². The van der Waals surface area contributed by atoms with Crippen LogP contribution in [0.4, 0.5) is 5.69 Å². The van der Waals surface area contributed by atoms with Gasteiger partial charge < -0.3 is 5.32 Å². The number of fused-ring (bicyclic) bond motifs is 1. The topological polar surface area (TPSA) is 24.9 Å². The fourth-order valence-electron chi connectivity index (χ4n) is 2.54. The van der Waals surface area contributed by atoms with Crippen LogP contribution in [0.15, 0.2) is 45.6 Å². The molecule has 0 fully saturated rings. The molecule has 0 saturated carbocycles.